The van der Waals surface area contributed by atoms with Crippen molar-refractivity contribution < 1.29 is 97.3 Å². The molecule has 0 bridgehead atoms. The number of nitrogens with zero attached hydrogens (tertiary/aromatic N) is 7. The third-order valence-corrected chi connectivity index (χ3v) is 14.4. The number of halogens is 4. The number of thiocarbonyl (C=S) groups is 1. The van der Waals surface area contributed by atoms with Crippen molar-refractivity contribution in [2.45, 2.75) is 191 Å². The number of rotatable bonds is 12. The van der Waals surface area contributed by atoms with E-state index in [1.54, 1.807) is 68.1 Å². The number of aliphatic hydroxyl groups excluding tert-OH is 1. The van der Waals surface area contributed by atoms with E-state index in [1.165, 1.54) is 11.8 Å². The summed E-state index contributed by atoms with van der Waals surface area (Å²) in [6.07, 6.45) is 3.39. The van der Waals surface area contributed by atoms with E-state index in [0.29, 0.717) is 5.88 Å². The van der Waals surface area contributed by atoms with Gasteiger partial charge in [0.1, 0.15) is 33.6 Å². The zero-order chi connectivity index (χ0) is 77.1. The number of piperazine rings is 5. The smallest absolute Gasteiger partial charge is 0.870 e. The number of esters is 2. The van der Waals surface area contributed by atoms with Gasteiger partial charge < -0.3 is 91.8 Å². The number of hydrogen-bond donors (Lipinski definition) is 9. The number of nitrogens with one attached hydrogen (secondary N) is 4. The van der Waals surface area contributed by atoms with Crippen LogP contribution in [0.1, 0.15) is 157 Å². The van der Waals surface area contributed by atoms with Crippen LogP contribution in [0.3, 0.4) is 0 Å². The summed E-state index contributed by atoms with van der Waals surface area (Å²) in [6.45, 7) is 55.5. The predicted octanol–water partition coefficient (Wildman–Crippen LogP) is 5.71. The molecule has 0 spiro atoms. The third-order valence-electron chi connectivity index (χ3n) is 12.1. The molecule has 0 aromatic carbocycles. The summed E-state index contributed by atoms with van der Waals surface area (Å²) in [5.41, 5.74) is 11.6. The molecule has 102 heavy (non-hydrogen) atoms. The SMILES string of the molecule is C1CNCCN1.CC(C)(C)OC(=O)C(=O)OC(C)(C)C.CC(C)(C)OC(=O)N1CCN(CCCCl)CC1.CC(C)(C)OC(=O)N1CCN(CCCS)CC1.CC(C)(C)OC(=O)N1CCN(CCCSC(=N)N)CC1.CC(C)(C)OC(=O)N1CCNCC1.CCO.Cl.ClCCCBr.NC(N)=S.[Na+].[OH-]. The summed E-state index contributed by atoms with van der Waals surface area (Å²) in [5, 5.41) is 25.5. The Balaban J connectivity index is -0.000000208. The number of ether oxygens (including phenoxy) is 6. The van der Waals surface area contributed by atoms with Crippen molar-refractivity contribution in [2.75, 3.05) is 186 Å². The molecule has 0 saturated carbocycles. The van der Waals surface area contributed by atoms with E-state index in [0.717, 1.165) is 199 Å². The first kappa shape index (κ1) is 113. The Labute approximate surface area is 676 Å². The van der Waals surface area contributed by atoms with Crippen LogP contribution in [-0.4, -0.2) is 311 Å². The zero-order valence-electron chi connectivity index (χ0n) is 65.8. The summed E-state index contributed by atoms with van der Waals surface area (Å²) in [7, 11) is 0. The van der Waals surface area contributed by atoms with E-state index in [1.807, 2.05) is 83.1 Å². The van der Waals surface area contributed by atoms with Crippen LogP contribution in [0.2, 0.25) is 0 Å². The van der Waals surface area contributed by atoms with Gasteiger partial charge in [0, 0.05) is 160 Å². The Hall–Kier alpha value is -2.09. The van der Waals surface area contributed by atoms with Crippen LogP contribution >= 0.6 is 88.1 Å². The topological polar surface area (TPSA) is 369 Å². The minimum atomic E-state index is -0.951. The van der Waals surface area contributed by atoms with Gasteiger partial charge in [-0.25, -0.2) is 28.8 Å². The van der Waals surface area contributed by atoms with E-state index >= 15 is 0 Å². The second-order valence-electron chi connectivity index (χ2n) is 28.8. The van der Waals surface area contributed by atoms with Gasteiger partial charge in [0.05, 0.1) is 0 Å². The third kappa shape index (κ3) is 77.5. The molecule has 0 aromatic heterocycles. The van der Waals surface area contributed by atoms with Gasteiger partial charge in [0.25, 0.3) is 0 Å². The molecule has 12 N–H and O–H groups in total. The van der Waals surface area contributed by atoms with Gasteiger partial charge in [-0.2, -0.15) is 12.6 Å². The first-order chi connectivity index (χ1) is 45.7. The molecular formula is C66H137BrCl3N14NaO14S3. The van der Waals surface area contributed by atoms with Crippen LogP contribution in [0.25, 0.3) is 0 Å². The molecular weight excluding hydrogens is 1520 g/mol. The van der Waals surface area contributed by atoms with Gasteiger partial charge in [-0.15, -0.1) is 35.6 Å². The number of aliphatic hydroxyl groups is 1. The fourth-order valence-electron chi connectivity index (χ4n) is 7.96. The van der Waals surface area contributed by atoms with Gasteiger partial charge in [-0.05, 0) is 195 Å². The maximum Gasteiger partial charge on any atom is 1.00 e. The van der Waals surface area contributed by atoms with Gasteiger partial charge in [-0.1, -0.05) is 27.7 Å². The van der Waals surface area contributed by atoms with Crippen molar-refractivity contribution in [3.8, 4) is 0 Å². The van der Waals surface area contributed by atoms with E-state index in [-0.39, 0.29) is 94.3 Å². The van der Waals surface area contributed by atoms with Crippen LogP contribution in [0.4, 0.5) is 19.2 Å². The number of amidine groups is 1. The first-order valence-electron chi connectivity index (χ1n) is 34.3. The Bertz CT molecular complexity index is 2080. The van der Waals surface area contributed by atoms with Crippen molar-refractivity contribution >= 4 is 135 Å². The van der Waals surface area contributed by atoms with Crippen molar-refractivity contribution in [3.05, 3.63) is 0 Å². The Morgan fingerprint density at radius 1 is 0.480 bits per heavy atom. The Kier molecular flexibility index (Phi) is 70.8. The molecule has 5 saturated heterocycles. The average molecular weight is 1660 g/mol. The molecule has 28 nitrogen and oxygen atoms in total. The standard InChI is InChI=1S/C13H26N4O2S.C12H23ClN2O2.C12H24N2O2S.C10H18O4.C9H18N2O2.C4H10N2.C3H6BrCl.C2H6O.CH4N2S.ClH.Na.H2O/c1-13(2,3)19-12(18)17-8-6-16(7-9-17)5-4-10-20-11(14)15;1-12(2,3)17-11(16)15-9-7-14(8-10-15)6-4-5-13;1-12(2,3)16-11(15)14-8-6-13(7-9-14)5-4-10-17;1-9(2,3)13-7(11)8(12)14-10(4,5)6;1-9(2,3)13-8(12)11-6-4-10-5-7-11;1-2-6-4-3-5-1;4-2-1-3-5;1-2-3;2-1(3)4;;;/h4-10H2,1-3H3,(H3,14,15);4-10H2,1-3H3;17H,4-10H2,1-3H3;1-6H3;10H,4-7H2,1-3H3;5-6H,1-4H2;1-3H2;3H,2H2,1H3;(H4,2,3,4);1H;;1H2/q;;;;;;;;;;+1;/p-1. The summed E-state index contributed by atoms with van der Waals surface area (Å²) in [5.74, 6) is 1.37. The number of carbonyl (C=O) groups excluding carboxylic acids is 6. The second kappa shape index (κ2) is 63.8. The fourth-order valence-corrected chi connectivity index (χ4v) is 9.45. The Morgan fingerprint density at radius 2 is 0.716 bits per heavy atom. The van der Waals surface area contributed by atoms with E-state index in [9.17, 15) is 28.8 Å². The number of carbonyl (C=O) groups is 6. The van der Waals surface area contributed by atoms with Gasteiger partial charge in [0.15, 0.2) is 10.3 Å². The van der Waals surface area contributed by atoms with Crippen molar-refractivity contribution in [2.24, 2.45) is 17.2 Å². The minimum Gasteiger partial charge on any atom is -0.870 e. The number of nitrogens with two attached hydrogens (primary N) is 3. The van der Waals surface area contributed by atoms with Crippen molar-refractivity contribution in [3.63, 3.8) is 0 Å². The van der Waals surface area contributed by atoms with E-state index in [4.69, 9.17) is 67.9 Å². The predicted molar refractivity (Wildman–Crippen MR) is 426 cm³/mol. The molecule has 5 fully saturated rings. The van der Waals surface area contributed by atoms with E-state index < -0.39 is 39.9 Å². The normalized spacial score (nSPS) is 15.7. The van der Waals surface area contributed by atoms with Crippen LogP contribution < -0.4 is 62.7 Å². The number of thioether (sulfide) groups is 1. The molecule has 5 heterocycles. The summed E-state index contributed by atoms with van der Waals surface area (Å²) < 4.78 is 31.0. The number of alkyl halides is 3. The molecule has 0 atom stereocenters. The largest absolute Gasteiger partial charge is 1.00 e. The van der Waals surface area contributed by atoms with Gasteiger partial charge in [0.2, 0.25) is 0 Å². The zero-order valence-corrected chi connectivity index (χ0v) is 74.2. The van der Waals surface area contributed by atoms with Gasteiger partial charge >= 0.3 is 65.9 Å². The van der Waals surface area contributed by atoms with Gasteiger partial charge in [-0.3, -0.25) is 20.1 Å². The average Bonchev–Trinajstić information content (AvgIpc) is 0.899. The molecule has 0 unspecified atom stereocenters. The summed E-state index contributed by atoms with van der Waals surface area (Å²) in [4.78, 5) is 83.4. The van der Waals surface area contributed by atoms with Crippen LogP contribution in [0.15, 0.2) is 0 Å². The minimum absolute atomic E-state index is 0. The number of thiol groups is 1. The Morgan fingerprint density at radius 3 is 0.922 bits per heavy atom. The monoisotopic (exact) mass is 1650 g/mol. The molecule has 602 valence electrons. The molecule has 5 rings (SSSR count). The summed E-state index contributed by atoms with van der Waals surface area (Å²) >= 11 is 23.8. The first-order valence-corrected chi connectivity index (χ1v) is 38.5. The van der Waals surface area contributed by atoms with Crippen LogP contribution in [-0.2, 0) is 38.0 Å². The molecule has 0 aromatic rings. The maximum atomic E-state index is 11.9. The number of hydrogen-bond acceptors (Lipinski definition) is 24. The molecule has 5 aliphatic rings. The molecule has 4 amide bonds. The molecule has 0 aliphatic carbocycles. The maximum absolute atomic E-state index is 11.9. The molecule has 36 heteroatoms. The van der Waals surface area contributed by atoms with Crippen LogP contribution in [0.5, 0.6) is 0 Å². The van der Waals surface area contributed by atoms with Crippen molar-refractivity contribution in [1.29, 1.82) is 5.41 Å². The fraction of sp³-hybridized carbons (Fsp3) is 0.879. The quantitative estimate of drug-likeness (QED) is 0.0108. The summed E-state index contributed by atoms with van der Waals surface area (Å²) in [6, 6.07) is 0. The molecule has 0 radical (unpaired) electrons. The van der Waals surface area contributed by atoms with Crippen molar-refractivity contribution in [1.82, 2.24) is 50.2 Å². The van der Waals surface area contributed by atoms with E-state index in [2.05, 4.69) is 82.9 Å². The number of amides is 4. The molecule has 5 aliphatic heterocycles. The van der Waals surface area contributed by atoms with Crippen LogP contribution in [0, 0.1) is 5.41 Å². The second-order valence-corrected chi connectivity index (χ2v) is 32.4.